The molecule has 0 fully saturated rings. The largest absolute Gasteiger partial charge is 0.319 e. The Morgan fingerprint density at radius 3 is 2.81 bits per heavy atom. The molecule has 21 heavy (non-hydrogen) atoms. The smallest absolute Gasteiger partial charge is 0.125 e. The molecule has 2 aromatic heterocycles. The standard InChI is InChI=1S/C16H14ClN3S/c1-10-3-6-15(21-10)11(2)20-14-7-12(9-18)4-5-13(14)19-16(20)8-17/h3-7,11H,8H2,1-2H3. The zero-order valence-electron chi connectivity index (χ0n) is 11.8. The summed E-state index contributed by atoms with van der Waals surface area (Å²) in [6.07, 6.45) is 0. The molecule has 0 bridgehead atoms. The lowest BCUT2D eigenvalue weighted by Gasteiger charge is -2.15. The third-order valence-electron chi connectivity index (χ3n) is 3.57. The van der Waals surface area contributed by atoms with Crippen LogP contribution in [-0.2, 0) is 5.88 Å². The molecule has 2 heterocycles. The highest BCUT2D eigenvalue weighted by Crippen LogP contribution is 2.31. The summed E-state index contributed by atoms with van der Waals surface area (Å²) < 4.78 is 2.13. The SMILES string of the molecule is Cc1ccc(C(C)n2c(CCl)nc3ccc(C#N)cc32)s1. The number of nitrogens with zero attached hydrogens (tertiary/aromatic N) is 3. The second-order valence-electron chi connectivity index (χ2n) is 4.97. The Morgan fingerprint density at radius 2 is 2.19 bits per heavy atom. The third kappa shape index (κ3) is 2.44. The van der Waals surface area contributed by atoms with Crippen LogP contribution in [0.4, 0.5) is 0 Å². The zero-order chi connectivity index (χ0) is 15.0. The van der Waals surface area contributed by atoms with Crippen LogP contribution in [0.15, 0.2) is 30.3 Å². The Hall–Kier alpha value is -1.83. The molecule has 0 amide bonds. The van der Waals surface area contributed by atoms with Gasteiger partial charge in [-0.2, -0.15) is 5.26 Å². The summed E-state index contributed by atoms with van der Waals surface area (Å²) in [4.78, 5) is 7.13. The normalized spacial score (nSPS) is 12.5. The number of halogens is 1. The van der Waals surface area contributed by atoms with E-state index in [9.17, 15) is 0 Å². The number of imidazole rings is 1. The number of thiophene rings is 1. The number of alkyl halides is 1. The summed E-state index contributed by atoms with van der Waals surface area (Å²) in [5.74, 6) is 1.19. The molecule has 0 aliphatic rings. The highest BCUT2D eigenvalue weighted by atomic mass is 35.5. The molecule has 3 aromatic rings. The second-order valence-corrected chi connectivity index (χ2v) is 6.56. The molecule has 1 atom stereocenters. The first kappa shape index (κ1) is 14.1. The number of aromatic nitrogens is 2. The van der Waals surface area contributed by atoms with Crippen LogP contribution in [0.5, 0.6) is 0 Å². The van der Waals surface area contributed by atoms with Crippen molar-refractivity contribution in [2.24, 2.45) is 0 Å². The van der Waals surface area contributed by atoms with Crippen molar-refractivity contribution in [2.45, 2.75) is 25.8 Å². The van der Waals surface area contributed by atoms with Crippen molar-refractivity contribution >= 4 is 34.0 Å². The van der Waals surface area contributed by atoms with Crippen molar-refractivity contribution in [3.8, 4) is 6.07 Å². The maximum absolute atomic E-state index is 9.11. The number of rotatable bonds is 3. The van der Waals surface area contributed by atoms with Crippen molar-refractivity contribution in [2.75, 3.05) is 0 Å². The first-order chi connectivity index (χ1) is 10.1. The zero-order valence-corrected chi connectivity index (χ0v) is 13.4. The molecule has 1 aromatic carbocycles. The summed E-state index contributed by atoms with van der Waals surface area (Å²) >= 11 is 7.84. The van der Waals surface area contributed by atoms with Gasteiger partial charge in [-0.15, -0.1) is 22.9 Å². The second kappa shape index (κ2) is 5.51. The molecule has 1 unspecified atom stereocenters. The molecule has 0 N–H and O–H groups in total. The lowest BCUT2D eigenvalue weighted by atomic mass is 10.2. The van der Waals surface area contributed by atoms with Gasteiger partial charge in [0.2, 0.25) is 0 Å². The van der Waals surface area contributed by atoms with E-state index in [0.29, 0.717) is 11.4 Å². The molecule has 5 heteroatoms. The van der Waals surface area contributed by atoms with Crippen molar-refractivity contribution in [3.63, 3.8) is 0 Å². The maximum atomic E-state index is 9.11. The van der Waals surface area contributed by atoms with Crippen LogP contribution in [0.25, 0.3) is 11.0 Å². The van der Waals surface area contributed by atoms with E-state index >= 15 is 0 Å². The fourth-order valence-corrected chi connectivity index (χ4v) is 3.65. The number of fused-ring (bicyclic) bond motifs is 1. The van der Waals surface area contributed by atoms with Gasteiger partial charge in [0.15, 0.2) is 0 Å². The first-order valence-corrected chi connectivity index (χ1v) is 8.02. The molecule has 3 nitrogen and oxygen atoms in total. The minimum absolute atomic E-state index is 0.149. The molecule has 0 aliphatic heterocycles. The van der Waals surface area contributed by atoms with E-state index in [-0.39, 0.29) is 6.04 Å². The van der Waals surface area contributed by atoms with Gasteiger partial charge in [0, 0.05) is 9.75 Å². The van der Waals surface area contributed by atoms with Gasteiger partial charge in [0.1, 0.15) is 5.82 Å². The van der Waals surface area contributed by atoms with E-state index in [1.165, 1.54) is 9.75 Å². The third-order valence-corrected chi connectivity index (χ3v) is 4.98. The Morgan fingerprint density at radius 1 is 1.38 bits per heavy atom. The van der Waals surface area contributed by atoms with Crippen molar-refractivity contribution in [1.82, 2.24) is 9.55 Å². The van der Waals surface area contributed by atoms with Crippen LogP contribution < -0.4 is 0 Å². The van der Waals surface area contributed by atoms with Crippen LogP contribution in [0.3, 0.4) is 0 Å². The molecular weight excluding hydrogens is 302 g/mol. The van der Waals surface area contributed by atoms with Crippen LogP contribution in [-0.4, -0.2) is 9.55 Å². The average Bonchev–Trinajstić information content (AvgIpc) is 3.08. The minimum atomic E-state index is 0.149. The molecular formula is C16H14ClN3S. The van der Waals surface area contributed by atoms with Gasteiger partial charge in [-0.05, 0) is 44.2 Å². The monoisotopic (exact) mass is 315 g/mol. The lowest BCUT2D eigenvalue weighted by Crippen LogP contribution is -2.08. The first-order valence-electron chi connectivity index (χ1n) is 6.67. The highest BCUT2D eigenvalue weighted by Gasteiger charge is 2.18. The van der Waals surface area contributed by atoms with Gasteiger partial charge in [-0.1, -0.05) is 0 Å². The van der Waals surface area contributed by atoms with Gasteiger partial charge in [0.05, 0.1) is 34.6 Å². The number of benzene rings is 1. The Labute approximate surface area is 132 Å². The fourth-order valence-electron chi connectivity index (χ4n) is 2.54. The molecule has 0 spiro atoms. The Bertz CT molecular complexity index is 841. The van der Waals surface area contributed by atoms with Gasteiger partial charge in [0.25, 0.3) is 0 Å². The van der Waals surface area contributed by atoms with E-state index < -0.39 is 0 Å². The van der Waals surface area contributed by atoms with Gasteiger partial charge < -0.3 is 4.57 Å². The number of hydrogen-bond donors (Lipinski definition) is 0. The van der Waals surface area contributed by atoms with Crippen molar-refractivity contribution in [3.05, 3.63) is 51.5 Å². The molecule has 3 rings (SSSR count). The molecule has 106 valence electrons. The number of aryl methyl sites for hydroxylation is 1. The highest BCUT2D eigenvalue weighted by molar-refractivity contribution is 7.12. The predicted octanol–water partition coefficient (Wildman–Crippen LogP) is 4.63. The van der Waals surface area contributed by atoms with Crippen LogP contribution >= 0.6 is 22.9 Å². The molecule has 0 saturated carbocycles. The van der Waals surface area contributed by atoms with Crippen LogP contribution in [0.1, 0.15) is 34.1 Å². The van der Waals surface area contributed by atoms with Crippen molar-refractivity contribution < 1.29 is 0 Å². The maximum Gasteiger partial charge on any atom is 0.125 e. The molecule has 0 saturated heterocycles. The summed E-state index contributed by atoms with van der Waals surface area (Å²) in [7, 11) is 0. The van der Waals surface area contributed by atoms with Gasteiger partial charge in [-0.25, -0.2) is 4.98 Å². The average molecular weight is 316 g/mol. The van der Waals surface area contributed by atoms with Crippen LogP contribution in [0.2, 0.25) is 0 Å². The van der Waals surface area contributed by atoms with E-state index in [4.69, 9.17) is 16.9 Å². The lowest BCUT2D eigenvalue weighted by molar-refractivity contribution is 0.644. The van der Waals surface area contributed by atoms with Crippen molar-refractivity contribution in [1.29, 1.82) is 5.26 Å². The Balaban J connectivity index is 2.21. The predicted molar refractivity (Wildman–Crippen MR) is 86.9 cm³/mol. The van der Waals surface area contributed by atoms with E-state index in [2.05, 4.69) is 41.6 Å². The van der Waals surface area contributed by atoms with Gasteiger partial charge in [-0.3, -0.25) is 0 Å². The summed E-state index contributed by atoms with van der Waals surface area (Å²) in [5, 5.41) is 9.11. The van der Waals surface area contributed by atoms with E-state index in [1.54, 1.807) is 17.4 Å². The summed E-state index contributed by atoms with van der Waals surface area (Å²) in [5.41, 5.74) is 2.48. The summed E-state index contributed by atoms with van der Waals surface area (Å²) in [6, 6.07) is 12.2. The molecule has 0 radical (unpaired) electrons. The van der Waals surface area contributed by atoms with Crippen LogP contribution in [0, 0.1) is 18.3 Å². The van der Waals surface area contributed by atoms with E-state index in [1.807, 2.05) is 12.1 Å². The topological polar surface area (TPSA) is 41.6 Å². The number of nitriles is 1. The van der Waals surface area contributed by atoms with Gasteiger partial charge >= 0.3 is 0 Å². The van der Waals surface area contributed by atoms with E-state index in [0.717, 1.165) is 16.9 Å². The summed E-state index contributed by atoms with van der Waals surface area (Å²) in [6.45, 7) is 4.24. The quantitative estimate of drug-likeness (QED) is 0.661. The minimum Gasteiger partial charge on any atom is -0.319 e. The molecule has 0 aliphatic carbocycles. The number of hydrogen-bond acceptors (Lipinski definition) is 3. The fraction of sp³-hybridized carbons (Fsp3) is 0.250. The Kier molecular flexibility index (Phi) is 3.71.